The Kier molecular flexibility index (Phi) is 3.61. The Bertz CT molecular complexity index is 201. The van der Waals surface area contributed by atoms with Crippen LogP contribution in [-0.2, 0) is 9.47 Å². The number of methoxy groups -OCH3 is 2. The molecule has 4 atom stereocenters. The first kappa shape index (κ1) is 11.3. The van der Waals surface area contributed by atoms with Crippen LogP contribution in [0.3, 0.4) is 0 Å². The van der Waals surface area contributed by atoms with E-state index in [-0.39, 0.29) is 12.2 Å². The third-order valence-electron chi connectivity index (χ3n) is 3.79. The van der Waals surface area contributed by atoms with E-state index in [9.17, 15) is 0 Å². The van der Waals surface area contributed by atoms with Crippen LogP contribution in [-0.4, -0.2) is 63.5 Å². The maximum atomic E-state index is 5.45. The van der Waals surface area contributed by atoms with Crippen molar-refractivity contribution < 1.29 is 9.47 Å². The van der Waals surface area contributed by atoms with Crippen molar-refractivity contribution in [2.75, 3.05) is 40.4 Å². The van der Waals surface area contributed by atoms with E-state index in [2.05, 4.69) is 17.1 Å². The summed E-state index contributed by atoms with van der Waals surface area (Å²) in [7, 11) is 3.55. The lowest BCUT2D eigenvalue weighted by atomic mass is 10.1. The topological polar surface area (TPSA) is 33.7 Å². The molecule has 0 aromatic heterocycles. The van der Waals surface area contributed by atoms with Gasteiger partial charge in [-0.15, -0.1) is 0 Å². The van der Waals surface area contributed by atoms with Crippen molar-refractivity contribution in [2.24, 2.45) is 5.92 Å². The maximum absolute atomic E-state index is 5.45. The van der Waals surface area contributed by atoms with Gasteiger partial charge in [0.25, 0.3) is 0 Å². The summed E-state index contributed by atoms with van der Waals surface area (Å²) in [5.41, 5.74) is 0. The highest BCUT2D eigenvalue weighted by Crippen LogP contribution is 2.23. The monoisotopic (exact) mass is 214 g/mol. The first-order chi connectivity index (χ1) is 7.26. The summed E-state index contributed by atoms with van der Waals surface area (Å²) in [5.74, 6) is 0.734. The summed E-state index contributed by atoms with van der Waals surface area (Å²) in [6, 6.07) is 0.655. The lowest BCUT2D eigenvalue weighted by Crippen LogP contribution is -2.39. The van der Waals surface area contributed by atoms with E-state index in [1.807, 2.05) is 0 Å². The van der Waals surface area contributed by atoms with Crippen molar-refractivity contribution in [3.05, 3.63) is 0 Å². The fraction of sp³-hybridized carbons (Fsp3) is 1.00. The summed E-state index contributed by atoms with van der Waals surface area (Å²) in [5, 5.41) is 3.44. The summed E-state index contributed by atoms with van der Waals surface area (Å²) >= 11 is 0. The summed E-state index contributed by atoms with van der Waals surface area (Å²) in [6.45, 7) is 6.56. The second kappa shape index (κ2) is 4.78. The van der Waals surface area contributed by atoms with Gasteiger partial charge in [0.15, 0.2) is 0 Å². The molecule has 2 rings (SSSR count). The molecule has 2 aliphatic rings. The molecule has 15 heavy (non-hydrogen) atoms. The Morgan fingerprint density at radius 2 is 1.67 bits per heavy atom. The zero-order valence-electron chi connectivity index (χ0n) is 9.90. The molecule has 0 saturated carbocycles. The molecule has 4 unspecified atom stereocenters. The second-order valence-corrected chi connectivity index (χ2v) is 4.71. The van der Waals surface area contributed by atoms with Crippen LogP contribution in [0.15, 0.2) is 0 Å². The van der Waals surface area contributed by atoms with E-state index in [0.717, 1.165) is 32.1 Å². The van der Waals surface area contributed by atoms with Crippen molar-refractivity contribution in [3.8, 4) is 0 Å². The number of rotatable bonds is 3. The quantitative estimate of drug-likeness (QED) is 0.713. The van der Waals surface area contributed by atoms with Crippen LogP contribution in [0.5, 0.6) is 0 Å². The lowest BCUT2D eigenvalue weighted by molar-refractivity contribution is -0.00461. The van der Waals surface area contributed by atoms with Crippen molar-refractivity contribution in [1.82, 2.24) is 10.2 Å². The predicted octanol–water partition coefficient (Wildman–Crippen LogP) is -0.0601. The van der Waals surface area contributed by atoms with Gasteiger partial charge in [-0.2, -0.15) is 0 Å². The smallest absolute Gasteiger partial charge is 0.0971 e. The summed E-state index contributed by atoms with van der Waals surface area (Å²) in [6.07, 6.45) is 0.477. The Hall–Kier alpha value is -0.160. The second-order valence-electron chi connectivity index (χ2n) is 4.71. The van der Waals surface area contributed by atoms with Crippen LogP contribution < -0.4 is 5.32 Å². The Balaban J connectivity index is 1.95. The van der Waals surface area contributed by atoms with Crippen LogP contribution in [0.4, 0.5) is 0 Å². The van der Waals surface area contributed by atoms with Crippen molar-refractivity contribution >= 4 is 0 Å². The minimum Gasteiger partial charge on any atom is -0.377 e. The highest BCUT2D eigenvalue weighted by Gasteiger charge is 2.39. The number of hydrogen-bond acceptors (Lipinski definition) is 4. The Morgan fingerprint density at radius 3 is 2.07 bits per heavy atom. The minimum atomic E-state index is 0.239. The molecule has 0 radical (unpaired) electrons. The van der Waals surface area contributed by atoms with Crippen molar-refractivity contribution in [2.45, 2.75) is 25.2 Å². The molecular weight excluding hydrogens is 192 g/mol. The third-order valence-corrected chi connectivity index (χ3v) is 3.79. The third kappa shape index (κ3) is 2.18. The normalized spacial score (nSPS) is 42.6. The molecule has 0 aliphatic carbocycles. The fourth-order valence-electron chi connectivity index (χ4n) is 2.78. The number of hydrogen-bond donors (Lipinski definition) is 1. The van der Waals surface area contributed by atoms with Crippen LogP contribution in [0.25, 0.3) is 0 Å². The lowest BCUT2D eigenvalue weighted by Gasteiger charge is -2.26. The molecule has 0 amide bonds. The van der Waals surface area contributed by atoms with Gasteiger partial charge in [-0.25, -0.2) is 0 Å². The van der Waals surface area contributed by atoms with E-state index in [1.54, 1.807) is 14.2 Å². The number of ether oxygens (including phenoxy) is 2. The summed E-state index contributed by atoms with van der Waals surface area (Å²) < 4.78 is 10.9. The van der Waals surface area contributed by atoms with Crippen molar-refractivity contribution in [3.63, 3.8) is 0 Å². The molecule has 2 fully saturated rings. The molecule has 1 N–H and O–H groups in total. The molecule has 88 valence electrons. The molecule has 0 spiro atoms. The van der Waals surface area contributed by atoms with Gasteiger partial charge in [-0.3, -0.25) is 4.90 Å². The first-order valence-electron chi connectivity index (χ1n) is 5.76. The number of nitrogens with zero attached hydrogens (tertiary/aromatic N) is 1. The Labute approximate surface area is 91.9 Å². The maximum Gasteiger partial charge on any atom is 0.0971 e. The van der Waals surface area contributed by atoms with Crippen LogP contribution in [0, 0.1) is 5.92 Å². The first-order valence-corrected chi connectivity index (χ1v) is 5.76. The van der Waals surface area contributed by atoms with Gasteiger partial charge >= 0.3 is 0 Å². The van der Waals surface area contributed by atoms with E-state index >= 15 is 0 Å². The fourth-order valence-corrected chi connectivity index (χ4v) is 2.78. The van der Waals surface area contributed by atoms with Gasteiger partial charge < -0.3 is 14.8 Å². The predicted molar refractivity (Wildman–Crippen MR) is 59.0 cm³/mol. The molecule has 2 aliphatic heterocycles. The molecule has 4 nitrogen and oxygen atoms in total. The largest absolute Gasteiger partial charge is 0.377 e. The SMILES string of the molecule is COC1CN(C2CNCC2C)CC1OC. The van der Waals surface area contributed by atoms with Gasteiger partial charge in [-0.05, 0) is 12.5 Å². The molecule has 2 saturated heterocycles. The van der Waals surface area contributed by atoms with Gasteiger partial charge in [0.2, 0.25) is 0 Å². The highest BCUT2D eigenvalue weighted by atomic mass is 16.5. The van der Waals surface area contributed by atoms with E-state index in [4.69, 9.17) is 9.47 Å². The average molecular weight is 214 g/mol. The van der Waals surface area contributed by atoms with E-state index in [1.165, 1.54) is 0 Å². The zero-order valence-corrected chi connectivity index (χ0v) is 9.90. The van der Waals surface area contributed by atoms with Crippen LogP contribution in [0.1, 0.15) is 6.92 Å². The number of nitrogens with one attached hydrogen (secondary N) is 1. The van der Waals surface area contributed by atoms with Gasteiger partial charge in [0, 0.05) is 39.9 Å². The zero-order chi connectivity index (χ0) is 10.8. The molecule has 4 heteroatoms. The van der Waals surface area contributed by atoms with Crippen LogP contribution in [0.2, 0.25) is 0 Å². The molecule has 0 aromatic carbocycles. The van der Waals surface area contributed by atoms with Crippen molar-refractivity contribution in [1.29, 1.82) is 0 Å². The van der Waals surface area contributed by atoms with Gasteiger partial charge in [0.05, 0.1) is 12.2 Å². The van der Waals surface area contributed by atoms with Gasteiger partial charge in [-0.1, -0.05) is 6.92 Å². The molecular formula is C11H22N2O2. The standard InChI is InChI=1S/C11H22N2O2/c1-8-4-12-5-9(8)13-6-10(14-2)11(7-13)15-3/h8-12H,4-7H2,1-3H3. The minimum absolute atomic E-state index is 0.239. The highest BCUT2D eigenvalue weighted by molar-refractivity contribution is 4.94. The molecule has 2 heterocycles. The van der Waals surface area contributed by atoms with Crippen LogP contribution >= 0.6 is 0 Å². The average Bonchev–Trinajstić information content (AvgIpc) is 2.82. The number of likely N-dealkylation sites (tertiary alicyclic amines) is 1. The Morgan fingerprint density at radius 1 is 1.07 bits per heavy atom. The van der Waals surface area contributed by atoms with E-state index in [0.29, 0.717) is 6.04 Å². The molecule has 0 aromatic rings. The molecule has 0 bridgehead atoms. The van der Waals surface area contributed by atoms with Gasteiger partial charge in [0.1, 0.15) is 0 Å². The van der Waals surface area contributed by atoms with E-state index < -0.39 is 0 Å². The summed E-state index contributed by atoms with van der Waals surface area (Å²) in [4.78, 5) is 2.51.